The van der Waals surface area contributed by atoms with Gasteiger partial charge in [0.25, 0.3) is 0 Å². The number of hydrogen-bond acceptors (Lipinski definition) is 2. The summed E-state index contributed by atoms with van der Waals surface area (Å²) in [7, 11) is 0. The first kappa shape index (κ1) is 16.0. The van der Waals surface area contributed by atoms with Crippen LogP contribution in [0.3, 0.4) is 0 Å². The number of anilines is 1. The molecule has 3 aromatic rings. The molecule has 0 spiro atoms. The van der Waals surface area contributed by atoms with E-state index in [0.717, 1.165) is 24.4 Å². The first-order chi connectivity index (χ1) is 11.9. The molecular weight excluding hydrogens is 292 g/mol. The summed E-state index contributed by atoms with van der Waals surface area (Å²) < 4.78 is 0. The van der Waals surface area contributed by atoms with Crippen molar-refractivity contribution in [2.24, 2.45) is 5.10 Å². The Morgan fingerprint density at radius 1 is 0.750 bits per heavy atom. The van der Waals surface area contributed by atoms with Crippen molar-refractivity contribution in [1.29, 1.82) is 0 Å². The van der Waals surface area contributed by atoms with Crippen LogP contribution in [0, 0.1) is 0 Å². The van der Waals surface area contributed by atoms with E-state index in [4.69, 9.17) is 5.10 Å². The van der Waals surface area contributed by atoms with Crippen LogP contribution < -0.4 is 5.01 Å². The Bertz CT molecular complexity index is 765. The summed E-state index contributed by atoms with van der Waals surface area (Å²) in [6.07, 6.45) is 0.891. The smallest absolute Gasteiger partial charge is 0.0679 e. The summed E-state index contributed by atoms with van der Waals surface area (Å²) in [6.45, 7) is 2.90. The SMILES string of the molecule is CCC(=NN(Cc1ccccc1)c1ccccc1)c1ccccc1. The highest BCUT2D eigenvalue weighted by Crippen LogP contribution is 2.19. The van der Waals surface area contributed by atoms with Gasteiger partial charge in [-0.25, -0.2) is 0 Å². The van der Waals surface area contributed by atoms with Crippen molar-refractivity contribution in [3.8, 4) is 0 Å². The summed E-state index contributed by atoms with van der Waals surface area (Å²) in [5, 5.41) is 7.06. The van der Waals surface area contributed by atoms with E-state index in [2.05, 4.69) is 84.7 Å². The fraction of sp³-hybridized carbons (Fsp3) is 0.136. The van der Waals surface area contributed by atoms with E-state index < -0.39 is 0 Å². The molecule has 0 amide bonds. The Morgan fingerprint density at radius 3 is 1.88 bits per heavy atom. The van der Waals surface area contributed by atoms with E-state index >= 15 is 0 Å². The molecule has 0 fully saturated rings. The molecule has 24 heavy (non-hydrogen) atoms. The zero-order valence-electron chi connectivity index (χ0n) is 14.0. The quantitative estimate of drug-likeness (QED) is 0.433. The van der Waals surface area contributed by atoms with Gasteiger partial charge < -0.3 is 0 Å². The van der Waals surface area contributed by atoms with Crippen molar-refractivity contribution in [3.05, 3.63) is 102 Å². The monoisotopic (exact) mass is 314 g/mol. The summed E-state index contributed by atoms with van der Waals surface area (Å²) in [6, 6.07) is 31.2. The van der Waals surface area contributed by atoms with Crippen LogP contribution in [0.1, 0.15) is 24.5 Å². The zero-order chi connectivity index (χ0) is 16.6. The molecule has 0 atom stereocenters. The van der Waals surface area contributed by atoms with Crippen molar-refractivity contribution in [2.45, 2.75) is 19.9 Å². The predicted octanol–water partition coefficient (Wildman–Crippen LogP) is 5.51. The highest BCUT2D eigenvalue weighted by molar-refractivity contribution is 6.00. The van der Waals surface area contributed by atoms with Crippen molar-refractivity contribution < 1.29 is 0 Å². The molecule has 0 N–H and O–H groups in total. The lowest BCUT2D eigenvalue weighted by Crippen LogP contribution is -2.19. The van der Waals surface area contributed by atoms with Gasteiger partial charge in [-0.05, 0) is 29.7 Å². The van der Waals surface area contributed by atoms with E-state index in [-0.39, 0.29) is 0 Å². The third-order valence-corrected chi connectivity index (χ3v) is 3.91. The van der Waals surface area contributed by atoms with E-state index in [9.17, 15) is 0 Å². The molecule has 0 aliphatic rings. The number of nitrogens with zero attached hydrogens (tertiary/aromatic N) is 2. The highest BCUT2D eigenvalue weighted by Gasteiger charge is 2.09. The second kappa shape index (κ2) is 8.11. The van der Waals surface area contributed by atoms with Gasteiger partial charge in [0.05, 0.1) is 17.9 Å². The second-order valence-electron chi connectivity index (χ2n) is 5.65. The molecule has 0 heterocycles. The predicted molar refractivity (Wildman–Crippen MR) is 102 cm³/mol. The molecule has 0 aromatic heterocycles. The molecule has 0 saturated heterocycles. The number of para-hydroxylation sites is 1. The minimum absolute atomic E-state index is 0.751. The summed E-state index contributed by atoms with van der Waals surface area (Å²) in [5.41, 5.74) is 4.61. The molecule has 0 unspecified atom stereocenters. The van der Waals surface area contributed by atoms with Crippen LogP contribution in [0.2, 0.25) is 0 Å². The van der Waals surface area contributed by atoms with Crippen molar-refractivity contribution in [1.82, 2.24) is 0 Å². The highest BCUT2D eigenvalue weighted by atomic mass is 15.5. The van der Waals surface area contributed by atoms with Gasteiger partial charge in [-0.2, -0.15) is 5.10 Å². The average Bonchev–Trinajstić information content (AvgIpc) is 2.67. The first-order valence-electron chi connectivity index (χ1n) is 8.36. The maximum Gasteiger partial charge on any atom is 0.0679 e. The minimum atomic E-state index is 0.751. The fourth-order valence-corrected chi connectivity index (χ4v) is 2.65. The van der Waals surface area contributed by atoms with Gasteiger partial charge >= 0.3 is 0 Å². The molecule has 0 radical (unpaired) electrons. The Kier molecular flexibility index (Phi) is 5.41. The van der Waals surface area contributed by atoms with Crippen LogP contribution in [0.15, 0.2) is 96.1 Å². The average molecular weight is 314 g/mol. The Hall–Kier alpha value is -2.87. The summed E-state index contributed by atoms with van der Waals surface area (Å²) >= 11 is 0. The molecule has 2 heteroatoms. The number of hydrazone groups is 1. The Labute approximate surface area is 144 Å². The topological polar surface area (TPSA) is 15.6 Å². The lowest BCUT2D eigenvalue weighted by Gasteiger charge is -2.21. The number of benzene rings is 3. The van der Waals surface area contributed by atoms with E-state index in [1.54, 1.807) is 0 Å². The van der Waals surface area contributed by atoms with Gasteiger partial charge in [0.15, 0.2) is 0 Å². The van der Waals surface area contributed by atoms with Crippen molar-refractivity contribution in [3.63, 3.8) is 0 Å². The number of rotatable bonds is 6. The Balaban J connectivity index is 1.96. The van der Waals surface area contributed by atoms with Crippen LogP contribution >= 0.6 is 0 Å². The standard InChI is InChI=1S/C22H22N2/c1-2-22(20-14-8-4-9-15-20)23-24(21-16-10-5-11-17-21)18-19-12-6-3-7-13-19/h3-17H,2,18H2,1H3. The maximum absolute atomic E-state index is 4.98. The molecule has 0 saturated carbocycles. The molecular formula is C22H22N2. The Morgan fingerprint density at radius 2 is 1.29 bits per heavy atom. The third kappa shape index (κ3) is 4.11. The summed E-state index contributed by atoms with van der Waals surface area (Å²) in [4.78, 5) is 0. The molecule has 120 valence electrons. The van der Waals surface area contributed by atoms with E-state index in [1.807, 2.05) is 18.2 Å². The second-order valence-corrected chi connectivity index (χ2v) is 5.65. The van der Waals surface area contributed by atoms with Crippen molar-refractivity contribution in [2.75, 3.05) is 5.01 Å². The van der Waals surface area contributed by atoms with Crippen LogP contribution in [0.25, 0.3) is 0 Å². The molecule has 0 aliphatic heterocycles. The van der Waals surface area contributed by atoms with Crippen molar-refractivity contribution >= 4 is 11.4 Å². The van der Waals surface area contributed by atoms with Crippen LogP contribution in [-0.2, 0) is 6.54 Å². The largest absolute Gasteiger partial charge is 0.261 e. The lowest BCUT2D eigenvalue weighted by molar-refractivity contribution is 0.850. The molecule has 0 bridgehead atoms. The maximum atomic E-state index is 4.98. The number of hydrogen-bond donors (Lipinski definition) is 0. The summed E-state index contributed by atoms with van der Waals surface area (Å²) in [5.74, 6) is 0. The van der Waals surface area contributed by atoms with Gasteiger partial charge in [0, 0.05) is 0 Å². The molecule has 0 aliphatic carbocycles. The van der Waals surface area contributed by atoms with Gasteiger partial charge in [-0.1, -0.05) is 85.8 Å². The lowest BCUT2D eigenvalue weighted by atomic mass is 10.1. The normalized spacial score (nSPS) is 11.3. The van der Waals surface area contributed by atoms with Gasteiger partial charge in [-0.3, -0.25) is 5.01 Å². The van der Waals surface area contributed by atoms with Crippen LogP contribution in [-0.4, -0.2) is 5.71 Å². The molecule has 3 rings (SSSR count). The molecule has 2 nitrogen and oxygen atoms in total. The van der Waals surface area contributed by atoms with E-state index in [1.165, 1.54) is 11.1 Å². The van der Waals surface area contributed by atoms with Crippen LogP contribution in [0.4, 0.5) is 5.69 Å². The van der Waals surface area contributed by atoms with Gasteiger partial charge in [0.1, 0.15) is 0 Å². The van der Waals surface area contributed by atoms with Crippen LogP contribution in [0.5, 0.6) is 0 Å². The fourth-order valence-electron chi connectivity index (χ4n) is 2.65. The first-order valence-corrected chi connectivity index (χ1v) is 8.36. The minimum Gasteiger partial charge on any atom is -0.261 e. The molecule has 3 aromatic carbocycles. The van der Waals surface area contributed by atoms with Gasteiger partial charge in [0.2, 0.25) is 0 Å². The third-order valence-electron chi connectivity index (χ3n) is 3.91. The van der Waals surface area contributed by atoms with E-state index in [0.29, 0.717) is 0 Å². The zero-order valence-corrected chi connectivity index (χ0v) is 14.0. The van der Waals surface area contributed by atoms with Gasteiger partial charge in [-0.15, -0.1) is 0 Å².